The minimum absolute atomic E-state index is 0.196. The molecule has 1 aromatic carbocycles. The van der Waals surface area contributed by atoms with Crippen LogP contribution in [-0.2, 0) is 12.8 Å². The number of hydrogen-bond donors (Lipinski definition) is 1. The van der Waals surface area contributed by atoms with Gasteiger partial charge in [-0.05, 0) is 59.8 Å². The SMILES string of the molecule is O=C(O)c1nn(-c2ccc(Br)cc2Br)c2c1CCCCC2. The lowest BCUT2D eigenvalue weighted by atomic mass is 10.1. The van der Waals surface area contributed by atoms with Gasteiger partial charge in [0, 0.05) is 20.2 Å². The van der Waals surface area contributed by atoms with Crippen molar-refractivity contribution in [2.24, 2.45) is 0 Å². The molecular formula is C15H14Br2N2O2. The average Bonchev–Trinajstić information content (AvgIpc) is 2.63. The summed E-state index contributed by atoms with van der Waals surface area (Å²) in [5.74, 6) is -0.944. The Labute approximate surface area is 139 Å². The van der Waals surface area contributed by atoms with E-state index in [0.29, 0.717) is 0 Å². The van der Waals surface area contributed by atoms with Crippen LogP contribution in [0, 0.1) is 0 Å². The lowest BCUT2D eigenvalue weighted by Gasteiger charge is -2.09. The van der Waals surface area contributed by atoms with Gasteiger partial charge < -0.3 is 5.11 Å². The first kappa shape index (κ1) is 14.8. The monoisotopic (exact) mass is 412 g/mol. The molecule has 0 saturated carbocycles. The van der Waals surface area contributed by atoms with Gasteiger partial charge in [0.15, 0.2) is 5.69 Å². The Kier molecular flexibility index (Phi) is 4.17. The van der Waals surface area contributed by atoms with Gasteiger partial charge in [-0.25, -0.2) is 9.48 Å². The minimum atomic E-state index is -0.944. The third kappa shape index (κ3) is 2.79. The Balaban J connectivity index is 2.20. The minimum Gasteiger partial charge on any atom is -0.476 e. The second kappa shape index (κ2) is 5.93. The molecule has 1 N–H and O–H groups in total. The van der Waals surface area contributed by atoms with Gasteiger partial charge >= 0.3 is 5.97 Å². The number of aromatic carboxylic acids is 1. The van der Waals surface area contributed by atoms with Gasteiger partial charge in [-0.1, -0.05) is 22.4 Å². The molecule has 0 atom stereocenters. The number of carboxylic acid groups (broad SMARTS) is 1. The zero-order valence-electron chi connectivity index (χ0n) is 11.3. The van der Waals surface area contributed by atoms with E-state index in [9.17, 15) is 9.90 Å². The number of aromatic nitrogens is 2. The van der Waals surface area contributed by atoms with Crippen molar-refractivity contribution in [1.82, 2.24) is 9.78 Å². The maximum Gasteiger partial charge on any atom is 0.356 e. The molecule has 0 fully saturated rings. The molecule has 0 spiro atoms. The number of rotatable bonds is 2. The van der Waals surface area contributed by atoms with Crippen LogP contribution < -0.4 is 0 Å². The van der Waals surface area contributed by atoms with E-state index in [-0.39, 0.29) is 5.69 Å². The molecule has 0 radical (unpaired) electrons. The van der Waals surface area contributed by atoms with Crippen LogP contribution in [0.1, 0.15) is 41.0 Å². The van der Waals surface area contributed by atoms with Crippen LogP contribution in [0.4, 0.5) is 0 Å². The quantitative estimate of drug-likeness (QED) is 0.744. The standard InChI is InChI=1S/C15H14Br2N2O2/c16-9-6-7-13(11(17)8-9)19-12-5-3-1-2-4-10(12)14(18-19)15(20)21/h6-8H,1-5H2,(H,20,21). The Morgan fingerprint density at radius 2 is 1.95 bits per heavy atom. The number of halogens is 2. The molecule has 6 heteroatoms. The highest BCUT2D eigenvalue weighted by Gasteiger charge is 2.24. The van der Waals surface area contributed by atoms with E-state index in [0.717, 1.165) is 58.0 Å². The topological polar surface area (TPSA) is 55.1 Å². The largest absolute Gasteiger partial charge is 0.476 e. The Bertz CT molecular complexity index is 710. The molecule has 0 bridgehead atoms. The highest BCUT2D eigenvalue weighted by Crippen LogP contribution is 2.30. The normalized spacial score (nSPS) is 14.6. The molecule has 3 rings (SSSR count). The van der Waals surface area contributed by atoms with Crippen molar-refractivity contribution in [3.05, 3.63) is 44.1 Å². The van der Waals surface area contributed by atoms with E-state index in [4.69, 9.17) is 0 Å². The second-order valence-corrected chi connectivity index (χ2v) is 6.92. The number of carbonyl (C=O) groups is 1. The fourth-order valence-electron chi connectivity index (χ4n) is 2.80. The smallest absolute Gasteiger partial charge is 0.356 e. The van der Waals surface area contributed by atoms with Gasteiger partial charge in [0.1, 0.15) is 0 Å². The zero-order chi connectivity index (χ0) is 15.0. The molecule has 0 saturated heterocycles. The predicted molar refractivity (Wildman–Crippen MR) is 87.2 cm³/mol. The van der Waals surface area contributed by atoms with E-state index >= 15 is 0 Å². The average molecular weight is 414 g/mol. The van der Waals surface area contributed by atoms with Gasteiger partial charge in [0.05, 0.1) is 5.69 Å². The molecule has 0 aliphatic heterocycles. The second-order valence-electron chi connectivity index (χ2n) is 5.15. The summed E-state index contributed by atoms with van der Waals surface area (Å²) >= 11 is 6.97. The summed E-state index contributed by atoms with van der Waals surface area (Å²) in [6, 6.07) is 5.82. The van der Waals surface area contributed by atoms with Crippen molar-refractivity contribution >= 4 is 37.8 Å². The Morgan fingerprint density at radius 1 is 1.19 bits per heavy atom. The van der Waals surface area contributed by atoms with Crippen molar-refractivity contribution in [1.29, 1.82) is 0 Å². The van der Waals surface area contributed by atoms with Crippen LogP contribution in [0.15, 0.2) is 27.1 Å². The van der Waals surface area contributed by atoms with Crippen LogP contribution in [0.3, 0.4) is 0 Å². The van der Waals surface area contributed by atoms with Gasteiger partial charge in [-0.15, -0.1) is 0 Å². The molecule has 1 aliphatic rings. The number of nitrogens with zero attached hydrogens (tertiary/aromatic N) is 2. The van der Waals surface area contributed by atoms with Gasteiger partial charge in [0.2, 0.25) is 0 Å². The first-order chi connectivity index (χ1) is 10.1. The van der Waals surface area contributed by atoms with E-state index in [1.54, 1.807) is 4.68 Å². The van der Waals surface area contributed by atoms with Crippen LogP contribution in [0.25, 0.3) is 5.69 Å². The van der Waals surface area contributed by atoms with E-state index in [1.807, 2.05) is 18.2 Å². The van der Waals surface area contributed by atoms with Crippen molar-refractivity contribution in [3.8, 4) is 5.69 Å². The highest BCUT2D eigenvalue weighted by molar-refractivity contribution is 9.11. The summed E-state index contributed by atoms with van der Waals surface area (Å²) in [5.41, 5.74) is 3.01. The third-order valence-corrected chi connectivity index (χ3v) is 4.90. The number of hydrogen-bond acceptors (Lipinski definition) is 2. The van der Waals surface area contributed by atoms with E-state index in [1.165, 1.54) is 0 Å². The molecule has 0 unspecified atom stereocenters. The molecule has 1 aromatic heterocycles. The number of carboxylic acids is 1. The fraction of sp³-hybridized carbons (Fsp3) is 0.333. The summed E-state index contributed by atoms with van der Waals surface area (Å²) in [4.78, 5) is 11.5. The lowest BCUT2D eigenvalue weighted by molar-refractivity contribution is 0.0688. The van der Waals surface area contributed by atoms with E-state index in [2.05, 4.69) is 37.0 Å². The summed E-state index contributed by atoms with van der Waals surface area (Å²) < 4.78 is 3.65. The molecule has 1 aliphatic carbocycles. The maximum atomic E-state index is 11.5. The molecule has 4 nitrogen and oxygen atoms in total. The predicted octanol–water partition coefficient (Wildman–Crippen LogP) is 4.36. The van der Waals surface area contributed by atoms with Crippen molar-refractivity contribution in [2.45, 2.75) is 32.1 Å². The first-order valence-corrected chi connectivity index (χ1v) is 8.46. The number of benzene rings is 1. The first-order valence-electron chi connectivity index (χ1n) is 6.87. The third-order valence-electron chi connectivity index (χ3n) is 3.77. The van der Waals surface area contributed by atoms with Gasteiger partial charge in [-0.3, -0.25) is 0 Å². The summed E-state index contributed by atoms with van der Waals surface area (Å²) in [7, 11) is 0. The highest BCUT2D eigenvalue weighted by atomic mass is 79.9. The van der Waals surface area contributed by atoms with Crippen LogP contribution in [0.2, 0.25) is 0 Å². The van der Waals surface area contributed by atoms with Crippen molar-refractivity contribution in [3.63, 3.8) is 0 Å². The Hall–Kier alpha value is -1.14. The van der Waals surface area contributed by atoms with Crippen LogP contribution >= 0.6 is 31.9 Å². The summed E-state index contributed by atoms with van der Waals surface area (Å²) in [6.07, 6.45) is 4.91. The van der Waals surface area contributed by atoms with Crippen molar-refractivity contribution in [2.75, 3.05) is 0 Å². The van der Waals surface area contributed by atoms with E-state index < -0.39 is 5.97 Å². The van der Waals surface area contributed by atoms with Gasteiger partial charge in [0.25, 0.3) is 0 Å². The van der Waals surface area contributed by atoms with Crippen molar-refractivity contribution < 1.29 is 9.90 Å². The van der Waals surface area contributed by atoms with Gasteiger partial charge in [-0.2, -0.15) is 5.10 Å². The molecule has 1 heterocycles. The lowest BCUT2D eigenvalue weighted by Crippen LogP contribution is -2.04. The summed E-state index contributed by atoms with van der Waals surface area (Å²) in [5, 5.41) is 13.8. The number of fused-ring (bicyclic) bond motifs is 1. The summed E-state index contributed by atoms with van der Waals surface area (Å²) in [6.45, 7) is 0. The Morgan fingerprint density at radius 3 is 2.67 bits per heavy atom. The molecular weight excluding hydrogens is 400 g/mol. The molecule has 2 aromatic rings. The molecule has 21 heavy (non-hydrogen) atoms. The zero-order valence-corrected chi connectivity index (χ0v) is 14.4. The van der Waals surface area contributed by atoms with Crippen LogP contribution in [-0.4, -0.2) is 20.9 Å². The maximum absolute atomic E-state index is 11.5. The molecule has 0 amide bonds. The van der Waals surface area contributed by atoms with Crippen LogP contribution in [0.5, 0.6) is 0 Å². The molecule has 110 valence electrons. The fourth-order valence-corrected chi connectivity index (χ4v) is 4.01.